The average molecular weight is 338 g/mol. The highest BCUT2D eigenvalue weighted by Crippen LogP contribution is 2.25. The quantitative estimate of drug-likeness (QED) is 0.667. The number of carbonyl (C=O) groups is 2. The van der Waals surface area contributed by atoms with Gasteiger partial charge in [0.05, 0.1) is 10.8 Å². The van der Waals surface area contributed by atoms with Gasteiger partial charge in [0, 0.05) is 20.1 Å². The molecule has 9 heteroatoms. The van der Waals surface area contributed by atoms with E-state index in [2.05, 4.69) is 10.3 Å². The van der Waals surface area contributed by atoms with E-state index >= 15 is 0 Å². The van der Waals surface area contributed by atoms with Crippen LogP contribution in [0.25, 0.3) is 10.2 Å². The van der Waals surface area contributed by atoms with Crippen LogP contribution in [0.5, 0.6) is 0 Å². The van der Waals surface area contributed by atoms with Crippen molar-refractivity contribution in [1.29, 1.82) is 0 Å². The predicted molar refractivity (Wildman–Crippen MR) is 85.3 cm³/mol. The number of thiophene rings is 1. The van der Waals surface area contributed by atoms with Crippen LogP contribution in [0.2, 0.25) is 0 Å². The van der Waals surface area contributed by atoms with E-state index in [9.17, 15) is 14.4 Å². The van der Waals surface area contributed by atoms with E-state index in [1.807, 2.05) is 5.38 Å². The number of nitrogens with zero attached hydrogens (tertiary/aromatic N) is 3. The summed E-state index contributed by atoms with van der Waals surface area (Å²) in [6.07, 6.45) is 0. The van der Waals surface area contributed by atoms with Gasteiger partial charge in [-0.05, 0) is 18.4 Å². The molecule has 116 valence electrons. The standard InChI is InChI=1S/C13H14N4O3S2/c1-7(10(18)17-5-4-14-12(17)20)22-13-15-8-3-6-21-9(8)11(19)16(13)2/h3,6-7H,4-5H2,1-2H3,(H,14,20)/t7-/m0/s1. The Morgan fingerprint density at radius 1 is 1.50 bits per heavy atom. The zero-order chi connectivity index (χ0) is 15.9. The van der Waals surface area contributed by atoms with Crippen LogP contribution in [0.4, 0.5) is 4.79 Å². The lowest BCUT2D eigenvalue weighted by Gasteiger charge is -2.17. The molecule has 1 N–H and O–H groups in total. The number of hydrogen-bond donors (Lipinski definition) is 1. The molecule has 3 rings (SSSR count). The first-order valence-corrected chi connectivity index (χ1v) is 8.45. The molecule has 0 radical (unpaired) electrons. The van der Waals surface area contributed by atoms with Crippen molar-refractivity contribution >= 4 is 45.3 Å². The number of rotatable bonds is 3. The van der Waals surface area contributed by atoms with Gasteiger partial charge in [-0.2, -0.15) is 0 Å². The lowest BCUT2D eigenvalue weighted by Crippen LogP contribution is -2.39. The zero-order valence-electron chi connectivity index (χ0n) is 12.0. The minimum absolute atomic E-state index is 0.124. The summed E-state index contributed by atoms with van der Waals surface area (Å²) in [6, 6.07) is 1.42. The first-order valence-electron chi connectivity index (χ1n) is 6.69. The summed E-state index contributed by atoms with van der Waals surface area (Å²) in [4.78, 5) is 41.7. The topological polar surface area (TPSA) is 84.3 Å². The summed E-state index contributed by atoms with van der Waals surface area (Å²) in [7, 11) is 1.64. The van der Waals surface area contributed by atoms with Crippen molar-refractivity contribution in [3.05, 3.63) is 21.8 Å². The molecule has 3 heterocycles. The third kappa shape index (κ3) is 2.50. The van der Waals surface area contributed by atoms with E-state index in [0.717, 1.165) is 0 Å². The van der Waals surface area contributed by atoms with Crippen LogP contribution >= 0.6 is 23.1 Å². The van der Waals surface area contributed by atoms with Gasteiger partial charge in [-0.25, -0.2) is 9.78 Å². The molecule has 0 unspecified atom stereocenters. The van der Waals surface area contributed by atoms with Crippen LogP contribution < -0.4 is 10.9 Å². The average Bonchev–Trinajstić information content (AvgIpc) is 3.12. The second kappa shape index (κ2) is 5.73. The van der Waals surface area contributed by atoms with Gasteiger partial charge >= 0.3 is 6.03 Å². The molecule has 2 aromatic heterocycles. The Kier molecular flexibility index (Phi) is 3.92. The van der Waals surface area contributed by atoms with Gasteiger partial charge in [0.2, 0.25) is 5.91 Å². The molecule has 1 aliphatic heterocycles. The molecule has 0 spiro atoms. The summed E-state index contributed by atoms with van der Waals surface area (Å²) < 4.78 is 2.04. The van der Waals surface area contributed by atoms with Crippen molar-refractivity contribution in [1.82, 2.24) is 19.8 Å². The maximum Gasteiger partial charge on any atom is 0.324 e. The molecule has 2 aromatic rings. The largest absolute Gasteiger partial charge is 0.336 e. The molecule has 1 saturated heterocycles. The molecule has 1 aliphatic rings. The highest BCUT2D eigenvalue weighted by molar-refractivity contribution is 8.00. The maximum atomic E-state index is 12.3. The second-order valence-electron chi connectivity index (χ2n) is 4.88. The Morgan fingerprint density at radius 2 is 2.27 bits per heavy atom. The number of amides is 3. The summed E-state index contributed by atoms with van der Waals surface area (Å²) in [6.45, 7) is 2.56. The highest BCUT2D eigenvalue weighted by Gasteiger charge is 2.30. The van der Waals surface area contributed by atoms with Crippen LogP contribution in [-0.4, -0.2) is 44.7 Å². The Bertz CT molecular complexity index is 813. The Hall–Kier alpha value is -1.87. The van der Waals surface area contributed by atoms with Crippen LogP contribution in [0.3, 0.4) is 0 Å². The molecule has 1 fully saturated rings. The molecule has 0 aliphatic carbocycles. The van der Waals surface area contributed by atoms with Crippen LogP contribution in [0.15, 0.2) is 21.4 Å². The van der Waals surface area contributed by atoms with Gasteiger partial charge in [-0.1, -0.05) is 11.8 Å². The van der Waals surface area contributed by atoms with E-state index in [0.29, 0.717) is 28.5 Å². The number of hydrogen-bond acceptors (Lipinski definition) is 6. The molecular formula is C13H14N4O3S2. The lowest BCUT2D eigenvalue weighted by atomic mass is 10.4. The Labute approximate surface area is 134 Å². The number of fused-ring (bicyclic) bond motifs is 1. The van der Waals surface area contributed by atoms with Crippen molar-refractivity contribution in [3.63, 3.8) is 0 Å². The monoisotopic (exact) mass is 338 g/mol. The van der Waals surface area contributed by atoms with Gasteiger partial charge in [0.1, 0.15) is 4.70 Å². The Balaban J connectivity index is 1.86. The number of carbonyl (C=O) groups excluding carboxylic acids is 2. The summed E-state index contributed by atoms with van der Waals surface area (Å²) >= 11 is 2.53. The van der Waals surface area contributed by atoms with Crippen LogP contribution in [-0.2, 0) is 11.8 Å². The van der Waals surface area contributed by atoms with E-state index in [1.165, 1.54) is 32.6 Å². The van der Waals surface area contributed by atoms with Crippen molar-refractivity contribution < 1.29 is 9.59 Å². The lowest BCUT2D eigenvalue weighted by molar-refractivity contribution is -0.126. The molecule has 0 saturated carbocycles. The van der Waals surface area contributed by atoms with E-state index in [-0.39, 0.29) is 17.5 Å². The molecule has 1 atom stereocenters. The number of thioether (sulfide) groups is 1. The van der Waals surface area contributed by atoms with Crippen molar-refractivity contribution in [2.45, 2.75) is 17.3 Å². The molecular weight excluding hydrogens is 324 g/mol. The SMILES string of the molecule is C[C@H](Sc1nc2ccsc2c(=O)n1C)C(=O)N1CCNC1=O. The number of urea groups is 1. The molecule has 7 nitrogen and oxygen atoms in total. The van der Waals surface area contributed by atoms with Gasteiger partial charge in [0.25, 0.3) is 5.56 Å². The number of aromatic nitrogens is 2. The zero-order valence-corrected chi connectivity index (χ0v) is 13.7. The first kappa shape index (κ1) is 15.0. The molecule has 0 aromatic carbocycles. The van der Waals surface area contributed by atoms with E-state index < -0.39 is 5.25 Å². The predicted octanol–water partition coefficient (Wildman–Crippen LogP) is 1.03. The molecule has 3 amide bonds. The van der Waals surface area contributed by atoms with E-state index in [1.54, 1.807) is 20.0 Å². The summed E-state index contributed by atoms with van der Waals surface area (Å²) in [5.74, 6) is -0.278. The highest BCUT2D eigenvalue weighted by atomic mass is 32.2. The fourth-order valence-corrected chi connectivity index (χ4v) is 3.92. The first-order chi connectivity index (χ1) is 10.5. The van der Waals surface area contributed by atoms with Crippen molar-refractivity contribution in [3.8, 4) is 0 Å². The van der Waals surface area contributed by atoms with Gasteiger partial charge < -0.3 is 5.32 Å². The minimum Gasteiger partial charge on any atom is -0.336 e. The third-order valence-electron chi connectivity index (χ3n) is 3.40. The second-order valence-corrected chi connectivity index (χ2v) is 7.10. The number of nitrogens with one attached hydrogen (secondary N) is 1. The van der Waals surface area contributed by atoms with Gasteiger partial charge in [-0.15, -0.1) is 11.3 Å². The fraction of sp³-hybridized carbons (Fsp3) is 0.385. The third-order valence-corrected chi connectivity index (χ3v) is 5.42. The minimum atomic E-state index is -0.502. The Morgan fingerprint density at radius 3 is 2.95 bits per heavy atom. The van der Waals surface area contributed by atoms with Crippen molar-refractivity contribution in [2.75, 3.05) is 13.1 Å². The van der Waals surface area contributed by atoms with Gasteiger partial charge in [-0.3, -0.25) is 19.1 Å². The van der Waals surface area contributed by atoms with Crippen LogP contribution in [0.1, 0.15) is 6.92 Å². The molecule has 22 heavy (non-hydrogen) atoms. The summed E-state index contributed by atoms with van der Waals surface area (Å²) in [5.41, 5.74) is 0.509. The fourth-order valence-electron chi connectivity index (χ4n) is 2.18. The maximum absolute atomic E-state index is 12.3. The normalized spacial score (nSPS) is 16.1. The van der Waals surface area contributed by atoms with E-state index in [4.69, 9.17) is 0 Å². The smallest absolute Gasteiger partial charge is 0.324 e. The molecule has 0 bridgehead atoms. The summed E-state index contributed by atoms with van der Waals surface area (Å²) in [5, 5.41) is 4.38. The number of imide groups is 1. The van der Waals surface area contributed by atoms with Crippen molar-refractivity contribution in [2.24, 2.45) is 7.05 Å². The van der Waals surface area contributed by atoms with Crippen LogP contribution in [0, 0.1) is 0 Å². The van der Waals surface area contributed by atoms with Gasteiger partial charge in [0.15, 0.2) is 5.16 Å².